The van der Waals surface area contributed by atoms with E-state index in [9.17, 15) is 0 Å². The zero-order valence-corrected chi connectivity index (χ0v) is 14.0. The second kappa shape index (κ2) is 6.45. The van der Waals surface area contributed by atoms with Gasteiger partial charge in [-0.1, -0.05) is 41.8 Å². The fourth-order valence-electron chi connectivity index (χ4n) is 3.29. The molecule has 118 valence electrons. The van der Waals surface area contributed by atoms with Crippen molar-refractivity contribution in [1.82, 2.24) is 9.97 Å². The van der Waals surface area contributed by atoms with Gasteiger partial charge in [0.15, 0.2) is 0 Å². The Bertz CT molecular complexity index is 739. The Hall–Kier alpha value is -1.67. The Morgan fingerprint density at radius 2 is 1.78 bits per heavy atom. The first-order valence-corrected chi connectivity index (χ1v) is 9.00. The topological polar surface area (TPSA) is 25.8 Å². The van der Waals surface area contributed by atoms with Crippen LogP contribution in [0.1, 0.15) is 62.4 Å². The summed E-state index contributed by atoms with van der Waals surface area (Å²) in [7, 11) is 0. The normalized spacial score (nSPS) is 18.0. The van der Waals surface area contributed by atoms with Crippen molar-refractivity contribution in [2.24, 2.45) is 0 Å². The standard InChI is InChI=1S/C20H21ClN2/c21-18-9-5-4-8-16(18)17-13-22-20(15-10-11-15)23-19(17)12-14-6-2-1-3-7-14/h4-5,8-9,12-13,15H,1-3,6-7,10-11H2. The summed E-state index contributed by atoms with van der Waals surface area (Å²) in [6.45, 7) is 0. The molecule has 0 radical (unpaired) electrons. The van der Waals surface area contributed by atoms with Crippen LogP contribution < -0.4 is 0 Å². The second-order valence-electron chi connectivity index (χ2n) is 6.64. The van der Waals surface area contributed by atoms with Gasteiger partial charge >= 0.3 is 0 Å². The molecule has 0 aliphatic heterocycles. The van der Waals surface area contributed by atoms with Crippen LogP contribution in [0.4, 0.5) is 0 Å². The number of benzene rings is 1. The number of hydrogen-bond acceptors (Lipinski definition) is 2. The van der Waals surface area contributed by atoms with Crippen molar-refractivity contribution >= 4 is 17.7 Å². The molecule has 0 N–H and O–H groups in total. The molecule has 2 fully saturated rings. The maximum Gasteiger partial charge on any atom is 0.132 e. The summed E-state index contributed by atoms with van der Waals surface area (Å²) in [6.07, 6.45) is 13.1. The molecule has 1 heterocycles. The number of nitrogens with zero attached hydrogens (tertiary/aromatic N) is 2. The smallest absolute Gasteiger partial charge is 0.132 e. The van der Waals surface area contributed by atoms with Crippen LogP contribution in [0.15, 0.2) is 36.0 Å². The highest BCUT2D eigenvalue weighted by Gasteiger charge is 2.27. The number of hydrogen-bond donors (Lipinski definition) is 0. The van der Waals surface area contributed by atoms with E-state index < -0.39 is 0 Å². The summed E-state index contributed by atoms with van der Waals surface area (Å²) < 4.78 is 0. The summed E-state index contributed by atoms with van der Waals surface area (Å²) in [5.41, 5.74) is 4.65. The summed E-state index contributed by atoms with van der Waals surface area (Å²) in [6, 6.07) is 7.97. The van der Waals surface area contributed by atoms with E-state index in [1.165, 1.54) is 50.5 Å². The highest BCUT2D eigenvalue weighted by molar-refractivity contribution is 6.33. The minimum Gasteiger partial charge on any atom is -0.240 e. The van der Waals surface area contributed by atoms with Crippen LogP contribution in [0.3, 0.4) is 0 Å². The average molecular weight is 325 g/mol. The van der Waals surface area contributed by atoms with E-state index in [-0.39, 0.29) is 0 Å². The molecule has 2 aromatic rings. The molecule has 2 aliphatic carbocycles. The van der Waals surface area contributed by atoms with E-state index >= 15 is 0 Å². The highest BCUT2D eigenvalue weighted by atomic mass is 35.5. The lowest BCUT2D eigenvalue weighted by Gasteiger charge is -2.15. The molecule has 2 saturated carbocycles. The molecule has 2 nitrogen and oxygen atoms in total. The maximum atomic E-state index is 6.41. The van der Waals surface area contributed by atoms with Gasteiger partial charge in [-0.2, -0.15) is 0 Å². The van der Waals surface area contributed by atoms with Crippen molar-refractivity contribution in [3.05, 3.63) is 52.6 Å². The predicted octanol–water partition coefficient (Wildman–Crippen LogP) is 6.02. The first-order valence-electron chi connectivity index (χ1n) is 8.62. The minimum absolute atomic E-state index is 0.568. The van der Waals surface area contributed by atoms with E-state index in [1.54, 1.807) is 0 Å². The Morgan fingerprint density at radius 1 is 1.00 bits per heavy atom. The average Bonchev–Trinajstić information content (AvgIpc) is 3.42. The molecule has 1 aromatic carbocycles. The van der Waals surface area contributed by atoms with Gasteiger partial charge in [0, 0.05) is 28.3 Å². The first kappa shape index (κ1) is 14.9. The Balaban J connectivity index is 1.79. The molecule has 0 saturated heterocycles. The number of allylic oxidation sites excluding steroid dienone is 1. The van der Waals surface area contributed by atoms with E-state index in [2.05, 4.69) is 17.1 Å². The molecule has 0 atom stereocenters. The van der Waals surface area contributed by atoms with Gasteiger partial charge in [0.05, 0.1) is 5.69 Å². The van der Waals surface area contributed by atoms with Crippen molar-refractivity contribution < 1.29 is 0 Å². The lowest BCUT2D eigenvalue weighted by molar-refractivity contribution is 0.602. The van der Waals surface area contributed by atoms with Crippen LogP contribution in [0.25, 0.3) is 17.2 Å². The van der Waals surface area contributed by atoms with E-state index in [1.807, 2.05) is 24.4 Å². The van der Waals surface area contributed by atoms with Gasteiger partial charge in [-0.15, -0.1) is 0 Å². The van der Waals surface area contributed by atoms with Crippen molar-refractivity contribution in [2.75, 3.05) is 0 Å². The number of aromatic nitrogens is 2. The van der Waals surface area contributed by atoms with Crippen LogP contribution >= 0.6 is 11.6 Å². The third kappa shape index (κ3) is 3.32. The summed E-state index contributed by atoms with van der Waals surface area (Å²) in [5, 5.41) is 0.763. The minimum atomic E-state index is 0.568. The van der Waals surface area contributed by atoms with Crippen LogP contribution in [-0.4, -0.2) is 9.97 Å². The highest BCUT2D eigenvalue weighted by Crippen LogP contribution is 2.39. The number of rotatable bonds is 3. The lowest BCUT2D eigenvalue weighted by Crippen LogP contribution is -2.00. The first-order chi connectivity index (χ1) is 11.3. The second-order valence-corrected chi connectivity index (χ2v) is 7.05. The molecular formula is C20H21ClN2. The van der Waals surface area contributed by atoms with E-state index in [0.29, 0.717) is 5.92 Å². The van der Waals surface area contributed by atoms with Crippen LogP contribution in [0, 0.1) is 0 Å². The molecule has 0 amide bonds. The van der Waals surface area contributed by atoms with Crippen LogP contribution in [0.5, 0.6) is 0 Å². The molecule has 1 aromatic heterocycles. The zero-order chi connectivity index (χ0) is 15.6. The predicted molar refractivity (Wildman–Crippen MR) is 95.5 cm³/mol. The van der Waals surface area contributed by atoms with Gasteiger partial charge < -0.3 is 0 Å². The third-order valence-electron chi connectivity index (χ3n) is 4.78. The monoisotopic (exact) mass is 324 g/mol. The fraction of sp³-hybridized carbons (Fsp3) is 0.400. The Kier molecular flexibility index (Phi) is 4.17. The van der Waals surface area contributed by atoms with Gasteiger partial charge in [0.1, 0.15) is 5.82 Å². The third-order valence-corrected chi connectivity index (χ3v) is 5.11. The summed E-state index contributed by atoms with van der Waals surface area (Å²) in [5.74, 6) is 1.57. The largest absolute Gasteiger partial charge is 0.240 e. The van der Waals surface area contributed by atoms with Crippen LogP contribution in [-0.2, 0) is 0 Å². The molecule has 23 heavy (non-hydrogen) atoms. The zero-order valence-electron chi connectivity index (χ0n) is 13.3. The molecule has 3 heteroatoms. The van der Waals surface area contributed by atoms with Crippen molar-refractivity contribution in [2.45, 2.75) is 50.9 Å². The SMILES string of the molecule is Clc1ccccc1-c1cnc(C2CC2)nc1C=C1CCCCC1. The van der Waals surface area contributed by atoms with Gasteiger partial charge in [-0.3, -0.25) is 0 Å². The van der Waals surface area contributed by atoms with E-state index in [4.69, 9.17) is 16.6 Å². The van der Waals surface area contributed by atoms with Gasteiger partial charge in [-0.05, 0) is 50.7 Å². The Morgan fingerprint density at radius 3 is 2.52 bits per heavy atom. The summed E-state index contributed by atoms with van der Waals surface area (Å²) >= 11 is 6.41. The Labute approximate surface area is 142 Å². The van der Waals surface area contributed by atoms with E-state index in [0.717, 1.165) is 27.7 Å². The van der Waals surface area contributed by atoms with Crippen molar-refractivity contribution in [3.8, 4) is 11.1 Å². The molecule has 0 bridgehead atoms. The van der Waals surface area contributed by atoms with Crippen LogP contribution in [0.2, 0.25) is 5.02 Å². The molecule has 4 rings (SSSR count). The molecule has 2 aliphatic rings. The number of halogens is 1. The lowest BCUT2D eigenvalue weighted by atomic mass is 9.93. The van der Waals surface area contributed by atoms with Crippen molar-refractivity contribution in [3.63, 3.8) is 0 Å². The van der Waals surface area contributed by atoms with Gasteiger partial charge in [0.2, 0.25) is 0 Å². The maximum absolute atomic E-state index is 6.41. The molecule has 0 spiro atoms. The van der Waals surface area contributed by atoms with Crippen molar-refractivity contribution in [1.29, 1.82) is 0 Å². The quantitative estimate of drug-likeness (QED) is 0.689. The van der Waals surface area contributed by atoms with Gasteiger partial charge in [0.25, 0.3) is 0 Å². The summed E-state index contributed by atoms with van der Waals surface area (Å²) in [4.78, 5) is 9.51. The van der Waals surface area contributed by atoms with Gasteiger partial charge in [-0.25, -0.2) is 9.97 Å². The molecular weight excluding hydrogens is 304 g/mol. The molecule has 0 unspecified atom stereocenters. The fourth-order valence-corrected chi connectivity index (χ4v) is 3.53.